The quantitative estimate of drug-likeness (QED) is 0.0412. The SMILES string of the molecule is CC(=O)Cl.CC(=O)NCCO[C@@H](c1cccc(F)c1-c1cccc(C)c1)[C@H]1CN(C(=O)OC(C)(C)C)CCO1.CC(=O)NCCO[C@@H](c1cccc(F)c1-c1cccc(C)c1)[C@H]1CNCCO1.Cc1cccc(-c2c(F)cccc2[C@H](OCCN)[C@H]2CN(C(=O)OC(C)(C)C)CCO2)c1. The molecule has 0 spiro atoms. The van der Waals surface area contributed by atoms with Crippen molar-refractivity contribution in [1.82, 2.24) is 25.8 Å². The van der Waals surface area contributed by atoms with Gasteiger partial charge >= 0.3 is 12.2 Å². The molecule has 6 aromatic rings. The molecule has 3 aliphatic heterocycles. The predicted molar refractivity (Wildman–Crippen MR) is 376 cm³/mol. The molecule has 9 rings (SSSR count). The van der Waals surface area contributed by atoms with Crippen molar-refractivity contribution >= 4 is 40.8 Å². The number of carbonyl (C=O) groups excluding carboxylic acids is 5. The topological polar surface area (TPSA) is 228 Å². The molecule has 23 heteroatoms. The van der Waals surface area contributed by atoms with Gasteiger partial charge in [0.25, 0.3) is 0 Å². The highest BCUT2D eigenvalue weighted by Gasteiger charge is 2.38. The number of ether oxygens (including phenoxy) is 8. The normalized spacial score (nSPS) is 17.1. The van der Waals surface area contributed by atoms with E-state index in [4.69, 9.17) is 43.6 Å². The molecular weight excluding hydrogens is 1300 g/mol. The predicted octanol–water partition coefficient (Wildman–Crippen LogP) is 12.8. The average Bonchev–Trinajstić information content (AvgIpc) is 0.802. The highest BCUT2D eigenvalue weighted by molar-refractivity contribution is 6.62. The first-order valence-corrected chi connectivity index (χ1v) is 33.7. The second kappa shape index (κ2) is 39.3. The molecule has 5 N–H and O–H groups in total. The molecule has 6 aromatic carbocycles. The minimum absolute atomic E-state index is 0.109. The van der Waals surface area contributed by atoms with E-state index in [1.807, 2.05) is 153 Å². The summed E-state index contributed by atoms with van der Waals surface area (Å²) in [6.07, 6.45) is -3.85. The summed E-state index contributed by atoms with van der Waals surface area (Å²) in [6, 6.07) is 38.0. The van der Waals surface area contributed by atoms with E-state index < -0.39 is 53.9 Å². The second-order valence-electron chi connectivity index (χ2n) is 26.1. The number of halogens is 4. The fraction of sp³-hybridized carbons (Fsp3) is 0.461. The van der Waals surface area contributed by atoms with Crippen molar-refractivity contribution in [1.29, 1.82) is 0 Å². The standard InChI is InChI=1S/C27H35FN2O5.C25H33FN2O4.C22H27FN2O3.C2H3ClO/c1-18-8-6-9-20(16-18)24-21(10-7-11-22(24)28)25(34-14-12-29-19(2)31)23-17-30(13-15-33-23)26(32)35-27(3,4)5;1-17-7-5-8-18(15-17)22-19(9-6-10-20(22)26)23(31-13-11-27)21-16-28(12-14-30-21)24(29)32-25(2,3)4;1-15-5-3-6-17(13-15)21-18(7-4-8-19(21)23)22(20-14-24-9-11-27-20)28-12-10-25-16(2)26;1-2(3)4/h6-11,16,23,25H,12-15,17H2,1-5H3,(H,29,31);5-10,15,21,23H,11-14,16,27H2,1-4H3;3-8,13,20,22,24H,9-12,14H2,1-2H3,(H,25,26);1H3/t23-,25+;21-,23+;20-,22+;/m111./s1. The van der Waals surface area contributed by atoms with Crippen molar-refractivity contribution < 1.29 is 75.0 Å². The van der Waals surface area contributed by atoms with E-state index in [-0.39, 0.29) is 66.9 Å². The summed E-state index contributed by atoms with van der Waals surface area (Å²) in [5.41, 5.74) is 13.4. The van der Waals surface area contributed by atoms with E-state index in [1.165, 1.54) is 39.0 Å². The molecule has 6 atom stereocenters. The lowest BCUT2D eigenvalue weighted by atomic mass is 9.92. The Hall–Kier alpha value is -7.77. The molecule has 19 nitrogen and oxygen atoms in total. The third kappa shape index (κ3) is 26.0. The molecule has 3 aliphatic rings. The number of nitrogens with one attached hydrogen (secondary N) is 3. The second-order valence-corrected chi connectivity index (χ2v) is 26.6. The zero-order chi connectivity index (χ0) is 72.4. The van der Waals surface area contributed by atoms with E-state index in [9.17, 15) is 28.4 Å². The van der Waals surface area contributed by atoms with E-state index >= 15 is 8.78 Å². The molecule has 0 bridgehead atoms. The van der Waals surface area contributed by atoms with Crippen molar-refractivity contribution in [2.45, 2.75) is 131 Å². The molecule has 99 heavy (non-hydrogen) atoms. The van der Waals surface area contributed by atoms with Crippen LogP contribution in [0.1, 0.15) is 114 Å². The van der Waals surface area contributed by atoms with Gasteiger partial charge in [-0.3, -0.25) is 14.4 Å². The van der Waals surface area contributed by atoms with Gasteiger partial charge in [0.2, 0.25) is 17.1 Å². The summed E-state index contributed by atoms with van der Waals surface area (Å²) in [5.74, 6) is -1.27. The number of hydrogen-bond donors (Lipinski definition) is 4. The van der Waals surface area contributed by atoms with Crippen molar-refractivity contribution in [2.75, 3.05) is 98.5 Å². The van der Waals surface area contributed by atoms with Gasteiger partial charge in [-0.15, -0.1) is 0 Å². The van der Waals surface area contributed by atoms with Gasteiger partial charge < -0.3 is 69.4 Å². The molecule has 3 fully saturated rings. The Morgan fingerprint density at radius 1 is 0.535 bits per heavy atom. The first-order valence-electron chi connectivity index (χ1n) is 33.3. The zero-order valence-corrected chi connectivity index (χ0v) is 59.7. The number of aryl methyl sites for hydroxylation is 3. The number of benzene rings is 6. The van der Waals surface area contributed by atoms with Gasteiger partial charge in [-0.2, -0.15) is 0 Å². The summed E-state index contributed by atoms with van der Waals surface area (Å²) in [5, 5.41) is 8.38. The van der Waals surface area contributed by atoms with Crippen LogP contribution in [0.2, 0.25) is 0 Å². The van der Waals surface area contributed by atoms with Crippen molar-refractivity contribution in [3.05, 3.63) is 178 Å². The highest BCUT2D eigenvalue weighted by atomic mass is 35.5. The maximum absolute atomic E-state index is 15.2. The summed E-state index contributed by atoms with van der Waals surface area (Å²) in [4.78, 5) is 60.2. The van der Waals surface area contributed by atoms with Crippen LogP contribution in [-0.4, -0.2) is 167 Å². The van der Waals surface area contributed by atoms with E-state index in [1.54, 1.807) is 28.0 Å². The van der Waals surface area contributed by atoms with E-state index in [0.717, 1.165) is 45.5 Å². The molecule has 3 saturated heterocycles. The van der Waals surface area contributed by atoms with Crippen LogP contribution < -0.4 is 21.7 Å². The van der Waals surface area contributed by atoms with Gasteiger partial charge in [-0.25, -0.2) is 22.8 Å². The first-order chi connectivity index (χ1) is 47.0. The van der Waals surface area contributed by atoms with Crippen LogP contribution in [0.15, 0.2) is 127 Å². The van der Waals surface area contributed by atoms with Crippen molar-refractivity contribution in [3.63, 3.8) is 0 Å². The largest absolute Gasteiger partial charge is 0.444 e. The third-order valence-corrected chi connectivity index (χ3v) is 15.4. The van der Waals surface area contributed by atoms with E-state index in [2.05, 4.69) is 27.6 Å². The molecule has 0 aliphatic carbocycles. The number of amides is 4. The van der Waals surface area contributed by atoms with Crippen LogP contribution >= 0.6 is 11.6 Å². The molecule has 0 aromatic heterocycles. The number of nitrogens with zero attached hydrogens (tertiary/aromatic N) is 2. The lowest BCUT2D eigenvalue weighted by Gasteiger charge is -2.38. The number of hydrogen-bond acceptors (Lipinski definition) is 15. The number of carbonyl (C=O) groups is 5. The fourth-order valence-corrected chi connectivity index (χ4v) is 11.3. The smallest absolute Gasteiger partial charge is 0.410 e. The molecule has 3 heterocycles. The van der Waals surface area contributed by atoms with Crippen LogP contribution in [0, 0.1) is 38.2 Å². The van der Waals surface area contributed by atoms with Gasteiger partial charge in [0, 0.05) is 83.3 Å². The Morgan fingerprint density at radius 2 is 0.869 bits per heavy atom. The summed E-state index contributed by atoms with van der Waals surface area (Å²) in [7, 11) is 0. The van der Waals surface area contributed by atoms with Crippen molar-refractivity contribution in [2.24, 2.45) is 5.73 Å². The Morgan fingerprint density at radius 3 is 1.18 bits per heavy atom. The van der Waals surface area contributed by atoms with Crippen LogP contribution in [0.4, 0.5) is 22.8 Å². The Labute approximate surface area is 585 Å². The Balaban J connectivity index is 0.000000229. The minimum Gasteiger partial charge on any atom is -0.444 e. The Bertz CT molecular complexity index is 3600. The van der Waals surface area contributed by atoms with Gasteiger partial charge in [-0.1, -0.05) is 126 Å². The number of nitrogens with two attached hydrogens (primary N) is 1. The average molecular weight is 1400 g/mol. The summed E-state index contributed by atoms with van der Waals surface area (Å²) >= 11 is 4.64. The van der Waals surface area contributed by atoms with Gasteiger partial charge in [0.15, 0.2) is 0 Å². The van der Waals surface area contributed by atoms with Crippen LogP contribution in [0.5, 0.6) is 0 Å². The van der Waals surface area contributed by atoms with E-state index in [0.29, 0.717) is 93.5 Å². The van der Waals surface area contributed by atoms with Gasteiger partial charge in [0.1, 0.15) is 65.3 Å². The van der Waals surface area contributed by atoms with Gasteiger partial charge in [0.05, 0.1) is 52.7 Å². The number of morpholine rings is 3. The maximum atomic E-state index is 15.2. The van der Waals surface area contributed by atoms with Crippen LogP contribution in [0.3, 0.4) is 0 Å². The lowest BCUT2D eigenvalue weighted by Crippen LogP contribution is -2.49. The molecule has 538 valence electrons. The molecular formula is C76H98ClF3N6O13. The number of rotatable bonds is 20. The summed E-state index contributed by atoms with van der Waals surface area (Å²) in [6.45, 7) is 26.7. The molecule has 0 saturated carbocycles. The maximum Gasteiger partial charge on any atom is 0.410 e. The highest BCUT2D eigenvalue weighted by Crippen LogP contribution is 2.40. The lowest BCUT2D eigenvalue weighted by molar-refractivity contribution is -0.122. The zero-order valence-electron chi connectivity index (χ0n) is 59.0. The molecule has 0 radical (unpaired) electrons. The van der Waals surface area contributed by atoms with Crippen LogP contribution in [-0.2, 0) is 52.3 Å². The van der Waals surface area contributed by atoms with Crippen LogP contribution in [0.25, 0.3) is 33.4 Å². The third-order valence-electron chi connectivity index (χ3n) is 15.4. The Kier molecular flexibility index (Phi) is 31.8. The monoisotopic (exact) mass is 1390 g/mol. The molecule has 0 unspecified atom stereocenters. The molecule has 4 amide bonds. The summed E-state index contributed by atoms with van der Waals surface area (Å²) < 4.78 is 92.8. The first kappa shape index (κ1) is 80.2. The minimum atomic E-state index is -0.680. The van der Waals surface area contributed by atoms with Crippen molar-refractivity contribution in [3.8, 4) is 33.4 Å². The fourth-order valence-electron chi connectivity index (χ4n) is 11.3. The van der Waals surface area contributed by atoms with Gasteiger partial charge in [-0.05, 0) is 125 Å².